The third-order valence-corrected chi connectivity index (χ3v) is 5.95. The number of aromatic nitrogens is 4. The molecule has 29 heavy (non-hydrogen) atoms. The largest absolute Gasteiger partial charge is 0.278 e. The summed E-state index contributed by atoms with van der Waals surface area (Å²) in [6.45, 7) is 8.59. The molecule has 1 aromatic carbocycles. The van der Waals surface area contributed by atoms with Crippen molar-refractivity contribution in [3.05, 3.63) is 71.3 Å². The fourth-order valence-electron chi connectivity index (χ4n) is 3.22. The van der Waals surface area contributed by atoms with Gasteiger partial charge in [0.2, 0.25) is 0 Å². The van der Waals surface area contributed by atoms with Crippen LogP contribution in [-0.4, -0.2) is 25.7 Å². The van der Waals surface area contributed by atoms with Crippen LogP contribution < -0.4 is 4.90 Å². The van der Waals surface area contributed by atoms with Crippen molar-refractivity contribution in [3.8, 4) is 0 Å². The lowest BCUT2D eigenvalue weighted by Crippen LogP contribution is -2.32. The monoisotopic (exact) mass is 405 g/mol. The van der Waals surface area contributed by atoms with Crippen LogP contribution in [0.4, 0.5) is 5.13 Å². The zero-order valence-corrected chi connectivity index (χ0v) is 17.8. The first-order valence-corrected chi connectivity index (χ1v) is 10.4. The number of hydrogen-bond acceptors (Lipinski definition) is 5. The molecule has 4 rings (SSSR count). The molecule has 3 heterocycles. The van der Waals surface area contributed by atoms with E-state index in [1.54, 1.807) is 34.2 Å². The van der Waals surface area contributed by atoms with Crippen molar-refractivity contribution < 1.29 is 4.79 Å². The number of rotatable bonds is 5. The van der Waals surface area contributed by atoms with Crippen molar-refractivity contribution >= 4 is 32.6 Å². The predicted octanol–water partition coefficient (Wildman–Crippen LogP) is 4.93. The predicted molar refractivity (Wildman–Crippen MR) is 116 cm³/mol. The smallest absolute Gasteiger partial charge is 0.278 e. The van der Waals surface area contributed by atoms with Crippen LogP contribution in [0.1, 0.15) is 47.1 Å². The van der Waals surface area contributed by atoms with Crippen LogP contribution in [-0.2, 0) is 6.54 Å². The Morgan fingerprint density at radius 1 is 1.17 bits per heavy atom. The summed E-state index contributed by atoms with van der Waals surface area (Å²) in [5, 5.41) is 5.00. The van der Waals surface area contributed by atoms with Crippen molar-refractivity contribution in [2.24, 2.45) is 0 Å². The molecule has 3 aromatic heterocycles. The SMILES string of the molecule is Cc1cc2nc(N(Cc3cccnc3)C(=O)c3ccnn3C(C)C)sc2cc1C. The molecule has 0 aliphatic carbocycles. The second kappa shape index (κ2) is 7.75. The quantitative estimate of drug-likeness (QED) is 0.472. The Morgan fingerprint density at radius 3 is 2.69 bits per heavy atom. The van der Waals surface area contributed by atoms with Crippen LogP contribution in [0.25, 0.3) is 10.2 Å². The standard InChI is InChI=1S/C22H23N5OS/c1-14(2)27-19(7-9-24-27)21(28)26(13-17-6-5-8-23-12-17)22-25-18-10-15(3)16(4)11-20(18)29-22/h5-12,14H,13H2,1-4H3. The Hall–Kier alpha value is -3.06. The molecular weight excluding hydrogens is 382 g/mol. The summed E-state index contributed by atoms with van der Waals surface area (Å²) < 4.78 is 2.82. The number of benzene rings is 1. The van der Waals surface area contributed by atoms with Crippen molar-refractivity contribution in [1.82, 2.24) is 19.7 Å². The average Bonchev–Trinajstić information content (AvgIpc) is 3.34. The van der Waals surface area contributed by atoms with Gasteiger partial charge in [0.1, 0.15) is 5.69 Å². The Balaban J connectivity index is 1.80. The van der Waals surface area contributed by atoms with E-state index < -0.39 is 0 Å². The molecule has 0 spiro atoms. The third-order valence-electron chi connectivity index (χ3n) is 4.91. The summed E-state index contributed by atoms with van der Waals surface area (Å²) in [7, 11) is 0. The van der Waals surface area contributed by atoms with Crippen LogP contribution in [0.2, 0.25) is 0 Å². The number of fused-ring (bicyclic) bond motifs is 1. The molecule has 1 amide bonds. The second-order valence-electron chi connectivity index (χ2n) is 7.41. The van der Waals surface area contributed by atoms with Crippen molar-refractivity contribution in [3.63, 3.8) is 0 Å². The minimum Gasteiger partial charge on any atom is -0.278 e. The highest BCUT2D eigenvalue weighted by Gasteiger charge is 2.25. The lowest BCUT2D eigenvalue weighted by Gasteiger charge is -2.21. The number of nitrogens with zero attached hydrogens (tertiary/aromatic N) is 5. The van der Waals surface area contributed by atoms with Gasteiger partial charge in [-0.2, -0.15) is 5.10 Å². The van der Waals surface area contributed by atoms with E-state index in [0.29, 0.717) is 17.4 Å². The minimum absolute atomic E-state index is 0.0878. The Morgan fingerprint density at radius 2 is 1.97 bits per heavy atom. The Kier molecular flexibility index (Phi) is 5.15. The number of carbonyl (C=O) groups is 1. The van der Waals surface area contributed by atoms with E-state index in [0.717, 1.165) is 15.8 Å². The molecule has 4 aromatic rings. The summed E-state index contributed by atoms with van der Waals surface area (Å²) in [6.07, 6.45) is 5.18. The Bertz CT molecular complexity index is 1120. The van der Waals surface area contributed by atoms with Gasteiger partial charge in [-0.25, -0.2) is 4.98 Å². The molecule has 0 aliphatic heterocycles. The van der Waals surface area contributed by atoms with E-state index in [1.165, 1.54) is 22.5 Å². The molecule has 0 radical (unpaired) electrons. The van der Waals surface area contributed by atoms with E-state index in [-0.39, 0.29) is 11.9 Å². The molecule has 0 N–H and O–H groups in total. The number of anilines is 1. The van der Waals surface area contributed by atoms with Gasteiger partial charge in [0.15, 0.2) is 5.13 Å². The molecular formula is C22H23N5OS. The van der Waals surface area contributed by atoms with Crippen molar-refractivity contribution in [1.29, 1.82) is 0 Å². The van der Waals surface area contributed by atoms with E-state index in [2.05, 4.69) is 36.1 Å². The third kappa shape index (κ3) is 3.78. The zero-order chi connectivity index (χ0) is 20.5. The molecule has 6 nitrogen and oxygen atoms in total. The van der Waals surface area contributed by atoms with Gasteiger partial charge in [-0.15, -0.1) is 0 Å². The molecule has 0 fully saturated rings. The van der Waals surface area contributed by atoms with Crippen LogP contribution in [0.5, 0.6) is 0 Å². The second-order valence-corrected chi connectivity index (χ2v) is 8.42. The lowest BCUT2D eigenvalue weighted by atomic mass is 10.1. The number of thiazole rings is 1. The van der Waals surface area contributed by atoms with Gasteiger partial charge >= 0.3 is 0 Å². The summed E-state index contributed by atoms with van der Waals surface area (Å²) in [5.41, 5.74) is 4.82. The highest BCUT2D eigenvalue weighted by molar-refractivity contribution is 7.22. The van der Waals surface area contributed by atoms with Crippen LogP contribution in [0.15, 0.2) is 48.9 Å². The molecule has 7 heteroatoms. The Labute approximate surface area is 173 Å². The molecule has 148 valence electrons. The maximum atomic E-state index is 13.6. The molecule has 0 saturated carbocycles. The summed E-state index contributed by atoms with van der Waals surface area (Å²) in [4.78, 5) is 24.3. The van der Waals surface area contributed by atoms with Gasteiger partial charge in [0, 0.05) is 24.6 Å². The summed E-state index contributed by atoms with van der Waals surface area (Å²) >= 11 is 1.53. The van der Waals surface area contributed by atoms with Gasteiger partial charge < -0.3 is 0 Å². The molecule has 0 atom stereocenters. The van der Waals surface area contributed by atoms with E-state index in [4.69, 9.17) is 4.98 Å². The van der Waals surface area contributed by atoms with Crippen LogP contribution in [0.3, 0.4) is 0 Å². The number of carbonyl (C=O) groups excluding carboxylic acids is 1. The van der Waals surface area contributed by atoms with Gasteiger partial charge in [0.25, 0.3) is 5.91 Å². The highest BCUT2D eigenvalue weighted by atomic mass is 32.1. The van der Waals surface area contributed by atoms with E-state index >= 15 is 0 Å². The number of amides is 1. The topological polar surface area (TPSA) is 63.9 Å². The van der Waals surface area contributed by atoms with E-state index in [1.807, 2.05) is 26.0 Å². The van der Waals surface area contributed by atoms with Crippen LogP contribution in [0, 0.1) is 13.8 Å². The minimum atomic E-state index is -0.118. The summed E-state index contributed by atoms with van der Waals surface area (Å²) in [6, 6.07) is 9.91. The van der Waals surface area contributed by atoms with Gasteiger partial charge in [0.05, 0.1) is 16.8 Å². The molecule has 0 bridgehead atoms. The molecule has 0 aliphatic rings. The number of aryl methyl sites for hydroxylation is 2. The maximum absolute atomic E-state index is 13.6. The van der Waals surface area contributed by atoms with E-state index in [9.17, 15) is 4.79 Å². The highest BCUT2D eigenvalue weighted by Crippen LogP contribution is 2.32. The fourth-order valence-corrected chi connectivity index (χ4v) is 4.26. The zero-order valence-electron chi connectivity index (χ0n) is 17.0. The first-order chi connectivity index (χ1) is 13.9. The lowest BCUT2D eigenvalue weighted by molar-refractivity contribution is 0.0973. The van der Waals surface area contributed by atoms with Gasteiger partial charge in [-0.05, 0) is 68.7 Å². The number of pyridine rings is 1. The first kappa shape index (κ1) is 19.3. The maximum Gasteiger partial charge on any atom is 0.278 e. The molecule has 0 unspecified atom stereocenters. The van der Waals surface area contributed by atoms with Crippen LogP contribution >= 0.6 is 11.3 Å². The normalized spacial score (nSPS) is 11.3. The summed E-state index contributed by atoms with van der Waals surface area (Å²) in [5.74, 6) is -0.118. The van der Waals surface area contributed by atoms with Crippen molar-refractivity contribution in [2.75, 3.05) is 4.90 Å². The molecule has 0 saturated heterocycles. The van der Waals surface area contributed by atoms with Gasteiger partial charge in [-0.3, -0.25) is 19.4 Å². The fraction of sp³-hybridized carbons (Fsp3) is 0.273. The van der Waals surface area contributed by atoms with Gasteiger partial charge in [-0.1, -0.05) is 17.4 Å². The average molecular weight is 406 g/mol. The first-order valence-electron chi connectivity index (χ1n) is 9.56. The van der Waals surface area contributed by atoms with Crippen molar-refractivity contribution in [2.45, 2.75) is 40.3 Å². The number of hydrogen-bond donors (Lipinski definition) is 0.